The molecule has 1 aliphatic carbocycles. The molecule has 1 aromatic heterocycles. The summed E-state index contributed by atoms with van der Waals surface area (Å²) in [4.78, 5) is 13.6. The second kappa shape index (κ2) is 8.19. The van der Waals surface area contributed by atoms with E-state index in [1.54, 1.807) is 30.8 Å². The second-order valence-corrected chi connectivity index (χ2v) is 8.31. The predicted octanol–water partition coefficient (Wildman–Crippen LogP) is 4.20. The summed E-state index contributed by atoms with van der Waals surface area (Å²) in [7, 11) is 3.53. The van der Waals surface area contributed by atoms with Gasteiger partial charge in [0, 0.05) is 31.3 Å². The standard InChI is InChI=1S/C22H24N4OS/c1-25(2)21(27)19-10-8-17(9-11-19)15-28-22-24-23-20(18-12-13-18)26(22)14-16-6-4-3-5-7-16/h3-11,18H,12-15H2,1-2H3. The highest BCUT2D eigenvalue weighted by Gasteiger charge is 2.30. The number of nitrogens with zero attached hydrogens (tertiary/aromatic N) is 4. The van der Waals surface area contributed by atoms with Gasteiger partial charge in [0.15, 0.2) is 5.16 Å². The van der Waals surface area contributed by atoms with Crippen LogP contribution in [0.4, 0.5) is 0 Å². The lowest BCUT2D eigenvalue weighted by molar-refractivity contribution is 0.0827. The van der Waals surface area contributed by atoms with E-state index in [-0.39, 0.29) is 5.91 Å². The van der Waals surface area contributed by atoms with E-state index in [0.717, 1.165) is 23.3 Å². The van der Waals surface area contributed by atoms with Crippen molar-refractivity contribution in [3.8, 4) is 0 Å². The van der Waals surface area contributed by atoms with Crippen LogP contribution in [0.3, 0.4) is 0 Å². The maximum atomic E-state index is 12.0. The quantitative estimate of drug-likeness (QED) is 0.566. The molecule has 0 unspecified atom stereocenters. The molecule has 0 atom stereocenters. The van der Waals surface area contributed by atoms with Gasteiger partial charge in [-0.25, -0.2) is 0 Å². The van der Waals surface area contributed by atoms with Crippen LogP contribution in [0.15, 0.2) is 59.8 Å². The van der Waals surface area contributed by atoms with Crippen LogP contribution in [-0.4, -0.2) is 39.7 Å². The first-order chi connectivity index (χ1) is 13.6. The number of thioether (sulfide) groups is 1. The number of hydrogen-bond donors (Lipinski definition) is 0. The lowest BCUT2D eigenvalue weighted by atomic mass is 10.1. The Hall–Kier alpha value is -2.60. The summed E-state index contributed by atoms with van der Waals surface area (Å²) < 4.78 is 2.27. The number of aromatic nitrogens is 3. The van der Waals surface area contributed by atoms with Crippen LogP contribution in [0.25, 0.3) is 0 Å². The molecule has 1 aliphatic rings. The summed E-state index contributed by atoms with van der Waals surface area (Å²) >= 11 is 1.70. The third-order valence-corrected chi connectivity index (χ3v) is 5.88. The van der Waals surface area contributed by atoms with Gasteiger partial charge in [-0.3, -0.25) is 4.79 Å². The van der Waals surface area contributed by atoms with Crippen molar-refractivity contribution in [2.45, 2.75) is 36.2 Å². The molecule has 6 heteroatoms. The van der Waals surface area contributed by atoms with E-state index < -0.39 is 0 Å². The molecule has 4 rings (SSSR count). The molecular weight excluding hydrogens is 368 g/mol. The maximum absolute atomic E-state index is 12.0. The fraction of sp³-hybridized carbons (Fsp3) is 0.318. The van der Waals surface area contributed by atoms with E-state index in [9.17, 15) is 4.79 Å². The number of amides is 1. The van der Waals surface area contributed by atoms with Crippen molar-refractivity contribution in [2.24, 2.45) is 0 Å². The molecule has 0 saturated heterocycles. The monoisotopic (exact) mass is 392 g/mol. The molecule has 1 saturated carbocycles. The molecule has 3 aromatic rings. The van der Waals surface area contributed by atoms with Crippen LogP contribution in [0.5, 0.6) is 0 Å². The molecule has 1 heterocycles. The van der Waals surface area contributed by atoms with Gasteiger partial charge >= 0.3 is 0 Å². The maximum Gasteiger partial charge on any atom is 0.253 e. The van der Waals surface area contributed by atoms with Crippen LogP contribution in [0.2, 0.25) is 0 Å². The van der Waals surface area contributed by atoms with Gasteiger partial charge in [-0.1, -0.05) is 54.2 Å². The van der Waals surface area contributed by atoms with E-state index in [1.807, 2.05) is 30.3 Å². The first kappa shape index (κ1) is 18.7. The summed E-state index contributed by atoms with van der Waals surface area (Å²) in [6.45, 7) is 0.804. The van der Waals surface area contributed by atoms with E-state index >= 15 is 0 Å². The molecule has 144 valence electrons. The molecule has 2 aromatic carbocycles. The Morgan fingerprint density at radius 2 is 1.75 bits per heavy atom. The van der Waals surface area contributed by atoms with Crippen molar-refractivity contribution in [3.63, 3.8) is 0 Å². The zero-order chi connectivity index (χ0) is 19.5. The SMILES string of the molecule is CN(C)C(=O)c1ccc(CSc2nnc(C3CC3)n2Cc2ccccc2)cc1. The average Bonchev–Trinajstić information content (AvgIpc) is 3.49. The summed E-state index contributed by atoms with van der Waals surface area (Å²) in [6.07, 6.45) is 2.41. The third kappa shape index (κ3) is 4.28. The molecule has 0 N–H and O–H groups in total. The fourth-order valence-electron chi connectivity index (χ4n) is 3.11. The van der Waals surface area contributed by atoms with Gasteiger partial charge < -0.3 is 9.47 Å². The van der Waals surface area contributed by atoms with E-state index in [0.29, 0.717) is 11.5 Å². The van der Waals surface area contributed by atoms with Crippen molar-refractivity contribution in [3.05, 3.63) is 77.1 Å². The molecule has 28 heavy (non-hydrogen) atoms. The van der Waals surface area contributed by atoms with Crippen LogP contribution < -0.4 is 0 Å². The first-order valence-electron chi connectivity index (χ1n) is 9.52. The Morgan fingerprint density at radius 3 is 2.39 bits per heavy atom. The minimum absolute atomic E-state index is 0.0240. The van der Waals surface area contributed by atoms with Crippen molar-refractivity contribution in [2.75, 3.05) is 14.1 Å². The summed E-state index contributed by atoms with van der Waals surface area (Å²) in [6, 6.07) is 18.3. The zero-order valence-electron chi connectivity index (χ0n) is 16.2. The Morgan fingerprint density at radius 1 is 1.04 bits per heavy atom. The molecular formula is C22H24N4OS. The smallest absolute Gasteiger partial charge is 0.253 e. The van der Waals surface area contributed by atoms with Gasteiger partial charge in [0.25, 0.3) is 5.91 Å². The van der Waals surface area contributed by atoms with Gasteiger partial charge in [-0.2, -0.15) is 0 Å². The van der Waals surface area contributed by atoms with Gasteiger partial charge in [-0.05, 0) is 36.1 Å². The lowest BCUT2D eigenvalue weighted by Gasteiger charge is -2.11. The minimum atomic E-state index is 0.0240. The van der Waals surface area contributed by atoms with Crippen LogP contribution >= 0.6 is 11.8 Å². The summed E-state index contributed by atoms with van der Waals surface area (Å²) in [5, 5.41) is 9.92. The average molecular weight is 393 g/mol. The number of carbonyl (C=O) groups is 1. The zero-order valence-corrected chi connectivity index (χ0v) is 17.0. The Labute approximate surface area is 169 Å². The fourth-order valence-corrected chi connectivity index (χ4v) is 4.02. The molecule has 0 spiro atoms. The van der Waals surface area contributed by atoms with E-state index in [2.05, 4.69) is 39.0 Å². The largest absolute Gasteiger partial charge is 0.345 e. The minimum Gasteiger partial charge on any atom is -0.345 e. The van der Waals surface area contributed by atoms with Gasteiger partial charge in [0.05, 0.1) is 6.54 Å². The highest BCUT2D eigenvalue weighted by atomic mass is 32.2. The molecule has 1 fully saturated rings. The summed E-state index contributed by atoms with van der Waals surface area (Å²) in [5.74, 6) is 2.49. The third-order valence-electron chi connectivity index (χ3n) is 4.85. The second-order valence-electron chi connectivity index (χ2n) is 7.37. The lowest BCUT2D eigenvalue weighted by Crippen LogP contribution is -2.21. The van der Waals surface area contributed by atoms with Crippen LogP contribution in [-0.2, 0) is 12.3 Å². The van der Waals surface area contributed by atoms with Crippen LogP contribution in [0, 0.1) is 0 Å². The van der Waals surface area contributed by atoms with E-state index in [4.69, 9.17) is 0 Å². The number of hydrogen-bond acceptors (Lipinski definition) is 4. The van der Waals surface area contributed by atoms with Crippen molar-refractivity contribution < 1.29 is 4.79 Å². The predicted molar refractivity (Wildman–Crippen MR) is 112 cm³/mol. The van der Waals surface area contributed by atoms with Crippen LogP contribution in [0.1, 0.15) is 46.1 Å². The first-order valence-corrected chi connectivity index (χ1v) is 10.5. The van der Waals surface area contributed by atoms with E-state index in [1.165, 1.54) is 24.0 Å². The highest BCUT2D eigenvalue weighted by Crippen LogP contribution is 2.40. The topological polar surface area (TPSA) is 51.0 Å². The van der Waals surface area contributed by atoms with Gasteiger partial charge in [0.1, 0.15) is 5.82 Å². The van der Waals surface area contributed by atoms with Crippen molar-refractivity contribution in [1.82, 2.24) is 19.7 Å². The molecule has 1 amide bonds. The van der Waals surface area contributed by atoms with Gasteiger partial charge in [0.2, 0.25) is 0 Å². The summed E-state index contributed by atoms with van der Waals surface area (Å²) in [5.41, 5.74) is 3.14. The number of benzene rings is 2. The normalized spacial score (nSPS) is 13.5. The Kier molecular flexibility index (Phi) is 5.48. The van der Waals surface area contributed by atoms with Crippen molar-refractivity contribution >= 4 is 17.7 Å². The molecule has 0 radical (unpaired) electrons. The number of carbonyl (C=O) groups excluding carboxylic acids is 1. The highest BCUT2D eigenvalue weighted by molar-refractivity contribution is 7.98. The molecule has 5 nitrogen and oxygen atoms in total. The Bertz CT molecular complexity index is 946. The number of rotatable bonds is 7. The molecule has 0 bridgehead atoms. The van der Waals surface area contributed by atoms with Crippen molar-refractivity contribution in [1.29, 1.82) is 0 Å². The molecule has 0 aliphatic heterocycles. The Balaban J connectivity index is 1.48. The van der Waals surface area contributed by atoms with Gasteiger partial charge in [-0.15, -0.1) is 10.2 Å².